The molecule has 0 spiro atoms. The molecule has 2 N–H and O–H groups in total. The summed E-state index contributed by atoms with van der Waals surface area (Å²) in [5.74, 6) is 1.09. The molecular formula is C14H20N2O2. The van der Waals surface area contributed by atoms with Gasteiger partial charge in [-0.25, -0.2) is 0 Å². The molecule has 0 atom stereocenters. The molecule has 0 aliphatic carbocycles. The zero-order chi connectivity index (χ0) is 13.0. The van der Waals surface area contributed by atoms with Crippen molar-refractivity contribution in [2.75, 3.05) is 18.8 Å². The van der Waals surface area contributed by atoms with Crippen LogP contribution in [0.4, 0.5) is 5.69 Å². The maximum Gasteiger partial charge on any atom is 0.222 e. The molecule has 4 nitrogen and oxygen atoms in total. The van der Waals surface area contributed by atoms with Crippen molar-refractivity contribution >= 4 is 11.6 Å². The highest BCUT2D eigenvalue weighted by Crippen LogP contribution is 2.20. The van der Waals surface area contributed by atoms with E-state index in [4.69, 9.17) is 10.5 Å². The number of piperidine rings is 1. The molecule has 0 saturated carbocycles. The summed E-state index contributed by atoms with van der Waals surface area (Å²) in [6.07, 6.45) is 2.59. The van der Waals surface area contributed by atoms with E-state index in [2.05, 4.69) is 0 Å². The quantitative estimate of drug-likeness (QED) is 0.833. The van der Waals surface area contributed by atoms with Crippen LogP contribution in [0.5, 0.6) is 5.75 Å². The standard InChI is InChI=1S/C14H20N2O2/c1-2-14(17)16-9-7-13(8-10-16)18-12-5-3-11(15)4-6-12/h3-6,13H,2,7-10,15H2,1H3. The lowest BCUT2D eigenvalue weighted by atomic mass is 10.1. The number of ether oxygens (including phenoxy) is 1. The monoisotopic (exact) mass is 248 g/mol. The lowest BCUT2D eigenvalue weighted by molar-refractivity contribution is -0.132. The number of likely N-dealkylation sites (tertiary alicyclic amines) is 1. The van der Waals surface area contributed by atoms with Crippen LogP contribution in [0.25, 0.3) is 0 Å². The number of nitrogen functional groups attached to an aromatic ring is 1. The van der Waals surface area contributed by atoms with Crippen LogP contribution in [0.1, 0.15) is 26.2 Å². The highest BCUT2D eigenvalue weighted by atomic mass is 16.5. The van der Waals surface area contributed by atoms with Crippen molar-refractivity contribution in [1.82, 2.24) is 4.90 Å². The molecule has 98 valence electrons. The average Bonchev–Trinajstić information content (AvgIpc) is 2.41. The zero-order valence-electron chi connectivity index (χ0n) is 10.8. The molecule has 0 radical (unpaired) electrons. The third-order valence-corrected chi connectivity index (χ3v) is 3.28. The Morgan fingerprint density at radius 2 is 1.94 bits per heavy atom. The van der Waals surface area contributed by atoms with Crippen LogP contribution in [-0.2, 0) is 4.79 Å². The predicted molar refractivity (Wildman–Crippen MR) is 71.4 cm³/mol. The van der Waals surface area contributed by atoms with Crippen LogP contribution < -0.4 is 10.5 Å². The number of anilines is 1. The first kappa shape index (κ1) is 12.7. The minimum Gasteiger partial charge on any atom is -0.490 e. The summed E-state index contributed by atoms with van der Waals surface area (Å²) in [5, 5.41) is 0. The average molecular weight is 248 g/mol. The van der Waals surface area contributed by atoms with E-state index in [9.17, 15) is 4.79 Å². The number of carbonyl (C=O) groups excluding carboxylic acids is 1. The number of carbonyl (C=O) groups is 1. The summed E-state index contributed by atoms with van der Waals surface area (Å²) in [4.78, 5) is 13.5. The van der Waals surface area contributed by atoms with Crippen LogP contribution in [0, 0.1) is 0 Å². The van der Waals surface area contributed by atoms with Crippen LogP contribution in [0.2, 0.25) is 0 Å². The van der Waals surface area contributed by atoms with Crippen molar-refractivity contribution in [3.05, 3.63) is 24.3 Å². The summed E-state index contributed by atoms with van der Waals surface area (Å²) in [6, 6.07) is 7.45. The molecule has 1 aromatic carbocycles. The van der Waals surface area contributed by atoms with Crippen molar-refractivity contribution in [1.29, 1.82) is 0 Å². The van der Waals surface area contributed by atoms with E-state index < -0.39 is 0 Å². The Morgan fingerprint density at radius 3 is 2.50 bits per heavy atom. The molecule has 1 aromatic rings. The molecule has 0 unspecified atom stereocenters. The fourth-order valence-electron chi connectivity index (χ4n) is 2.19. The Bertz CT molecular complexity index is 395. The molecule has 1 fully saturated rings. The summed E-state index contributed by atoms with van der Waals surface area (Å²) in [7, 11) is 0. The van der Waals surface area contributed by atoms with E-state index in [1.165, 1.54) is 0 Å². The van der Waals surface area contributed by atoms with Gasteiger partial charge in [0.05, 0.1) is 0 Å². The minimum absolute atomic E-state index is 0.203. The number of nitrogens with zero attached hydrogens (tertiary/aromatic N) is 1. The first-order valence-corrected chi connectivity index (χ1v) is 6.49. The Labute approximate surface area is 108 Å². The number of amides is 1. The van der Waals surface area contributed by atoms with Gasteiger partial charge in [0.25, 0.3) is 0 Å². The van der Waals surface area contributed by atoms with Gasteiger partial charge in [0.15, 0.2) is 0 Å². The fraction of sp³-hybridized carbons (Fsp3) is 0.500. The van der Waals surface area contributed by atoms with Gasteiger partial charge in [-0.05, 0) is 24.3 Å². The zero-order valence-corrected chi connectivity index (χ0v) is 10.8. The molecule has 1 amide bonds. The summed E-state index contributed by atoms with van der Waals surface area (Å²) in [6.45, 7) is 3.50. The van der Waals surface area contributed by atoms with Gasteiger partial charge < -0.3 is 15.4 Å². The molecule has 0 aromatic heterocycles. The first-order valence-electron chi connectivity index (χ1n) is 6.49. The van der Waals surface area contributed by atoms with E-state index in [-0.39, 0.29) is 12.0 Å². The molecule has 2 rings (SSSR count). The molecule has 18 heavy (non-hydrogen) atoms. The van der Waals surface area contributed by atoms with E-state index in [1.54, 1.807) is 0 Å². The van der Waals surface area contributed by atoms with Gasteiger partial charge in [0, 0.05) is 38.0 Å². The van der Waals surface area contributed by atoms with E-state index >= 15 is 0 Å². The highest BCUT2D eigenvalue weighted by molar-refractivity contribution is 5.75. The Balaban J connectivity index is 1.83. The van der Waals surface area contributed by atoms with Crippen LogP contribution in [0.3, 0.4) is 0 Å². The van der Waals surface area contributed by atoms with Gasteiger partial charge >= 0.3 is 0 Å². The number of rotatable bonds is 3. The Hall–Kier alpha value is -1.71. The second-order valence-corrected chi connectivity index (χ2v) is 4.62. The first-order chi connectivity index (χ1) is 8.69. The van der Waals surface area contributed by atoms with Gasteiger partial charge in [-0.15, -0.1) is 0 Å². The van der Waals surface area contributed by atoms with Crippen molar-refractivity contribution in [3.8, 4) is 5.75 Å². The molecule has 1 heterocycles. The SMILES string of the molecule is CCC(=O)N1CCC(Oc2ccc(N)cc2)CC1. The van der Waals surface area contributed by atoms with E-state index in [0.29, 0.717) is 6.42 Å². The Morgan fingerprint density at radius 1 is 1.33 bits per heavy atom. The van der Waals surface area contributed by atoms with Crippen molar-refractivity contribution in [3.63, 3.8) is 0 Å². The largest absolute Gasteiger partial charge is 0.490 e. The number of benzene rings is 1. The molecule has 1 aliphatic rings. The van der Waals surface area contributed by atoms with Crippen LogP contribution in [0.15, 0.2) is 24.3 Å². The molecule has 1 aliphatic heterocycles. The van der Waals surface area contributed by atoms with Gasteiger partial charge in [-0.3, -0.25) is 4.79 Å². The molecular weight excluding hydrogens is 228 g/mol. The third-order valence-electron chi connectivity index (χ3n) is 3.28. The number of hydrogen-bond acceptors (Lipinski definition) is 3. The predicted octanol–water partition coefficient (Wildman–Crippen LogP) is 2.05. The second-order valence-electron chi connectivity index (χ2n) is 4.62. The van der Waals surface area contributed by atoms with E-state index in [1.807, 2.05) is 36.1 Å². The van der Waals surface area contributed by atoms with Crippen LogP contribution >= 0.6 is 0 Å². The molecule has 4 heteroatoms. The topological polar surface area (TPSA) is 55.6 Å². The lowest BCUT2D eigenvalue weighted by Gasteiger charge is -2.32. The Kier molecular flexibility index (Phi) is 4.07. The maximum absolute atomic E-state index is 11.5. The lowest BCUT2D eigenvalue weighted by Crippen LogP contribution is -2.41. The summed E-state index contributed by atoms with van der Waals surface area (Å²) >= 11 is 0. The van der Waals surface area contributed by atoms with Gasteiger partial charge in [0.2, 0.25) is 5.91 Å². The van der Waals surface area contributed by atoms with Crippen molar-refractivity contribution in [2.24, 2.45) is 0 Å². The minimum atomic E-state index is 0.203. The maximum atomic E-state index is 11.5. The summed E-state index contributed by atoms with van der Waals surface area (Å²) < 4.78 is 5.88. The molecule has 0 bridgehead atoms. The van der Waals surface area contributed by atoms with Crippen molar-refractivity contribution in [2.45, 2.75) is 32.3 Å². The van der Waals surface area contributed by atoms with Gasteiger partial charge in [0.1, 0.15) is 11.9 Å². The summed E-state index contributed by atoms with van der Waals surface area (Å²) in [5.41, 5.74) is 6.37. The highest BCUT2D eigenvalue weighted by Gasteiger charge is 2.22. The smallest absolute Gasteiger partial charge is 0.222 e. The van der Waals surface area contributed by atoms with Gasteiger partial charge in [-0.2, -0.15) is 0 Å². The van der Waals surface area contributed by atoms with Gasteiger partial charge in [-0.1, -0.05) is 6.92 Å². The van der Waals surface area contributed by atoms with E-state index in [0.717, 1.165) is 37.4 Å². The third kappa shape index (κ3) is 3.15. The normalized spacial score (nSPS) is 16.6. The fourth-order valence-corrected chi connectivity index (χ4v) is 2.19. The second kappa shape index (κ2) is 5.76. The molecule has 1 saturated heterocycles. The number of nitrogens with two attached hydrogens (primary N) is 1. The number of hydrogen-bond donors (Lipinski definition) is 1. The van der Waals surface area contributed by atoms with Crippen molar-refractivity contribution < 1.29 is 9.53 Å². The van der Waals surface area contributed by atoms with Crippen LogP contribution in [-0.4, -0.2) is 30.0 Å².